The zero-order valence-electron chi connectivity index (χ0n) is 10.4. The highest BCUT2D eigenvalue weighted by molar-refractivity contribution is 5.66. The van der Waals surface area contributed by atoms with Gasteiger partial charge in [-0.05, 0) is 47.9 Å². The molecule has 0 saturated carbocycles. The van der Waals surface area contributed by atoms with Crippen LogP contribution in [0.25, 0.3) is 11.1 Å². The summed E-state index contributed by atoms with van der Waals surface area (Å²) in [6.07, 6.45) is 0. The van der Waals surface area contributed by atoms with Gasteiger partial charge in [-0.1, -0.05) is 18.2 Å². The lowest BCUT2D eigenvalue weighted by molar-refractivity contribution is 0.412. The Morgan fingerprint density at radius 1 is 0.765 bits per heavy atom. The first-order valence-electron chi connectivity index (χ1n) is 5.53. The molecule has 0 aromatic heterocycles. The molecule has 2 rings (SSSR count). The molecule has 2 aromatic carbocycles. The first kappa shape index (κ1) is 11.5. The molecule has 0 radical (unpaired) electrons. The Morgan fingerprint density at radius 2 is 1.41 bits per heavy atom. The molecular formula is C15H16O2. The summed E-state index contributed by atoms with van der Waals surface area (Å²) in [7, 11) is 3.36. The van der Waals surface area contributed by atoms with Crippen LogP contribution in [0, 0.1) is 6.92 Å². The molecular weight excluding hydrogens is 212 g/mol. The first-order chi connectivity index (χ1) is 8.24. The van der Waals surface area contributed by atoms with Gasteiger partial charge in [-0.25, -0.2) is 0 Å². The van der Waals surface area contributed by atoms with Crippen molar-refractivity contribution in [3.63, 3.8) is 0 Å². The van der Waals surface area contributed by atoms with Crippen molar-refractivity contribution < 1.29 is 9.47 Å². The molecule has 0 unspecified atom stereocenters. The Labute approximate surface area is 102 Å². The number of hydrogen-bond acceptors (Lipinski definition) is 2. The maximum atomic E-state index is 5.25. The maximum absolute atomic E-state index is 5.25. The quantitative estimate of drug-likeness (QED) is 0.797. The van der Waals surface area contributed by atoms with E-state index in [1.54, 1.807) is 14.2 Å². The summed E-state index contributed by atoms with van der Waals surface area (Å²) < 4.78 is 10.4. The highest BCUT2D eigenvalue weighted by Crippen LogP contribution is 2.27. The smallest absolute Gasteiger partial charge is 0.121 e. The van der Waals surface area contributed by atoms with Gasteiger partial charge in [0.05, 0.1) is 14.2 Å². The molecule has 2 heteroatoms. The van der Waals surface area contributed by atoms with E-state index in [1.165, 1.54) is 11.1 Å². The van der Waals surface area contributed by atoms with Gasteiger partial charge in [0.15, 0.2) is 0 Å². The summed E-state index contributed by atoms with van der Waals surface area (Å²) in [4.78, 5) is 0. The summed E-state index contributed by atoms with van der Waals surface area (Å²) in [6.45, 7) is 2.05. The second kappa shape index (κ2) is 4.91. The molecule has 0 saturated heterocycles. The number of benzene rings is 2. The lowest BCUT2D eigenvalue weighted by atomic mass is 10.0. The molecule has 88 valence electrons. The van der Waals surface area contributed by atoms with Gasteiger partial charge < -0.3 is 9.47 Å². The SMILES string of the molecule is COc1ccc(-c2ccc(OC)c(C)c2)cc1. The minimum atomic E-state index is 0.874. The third-order valence-corrected chi connectivity index (χ3v) is 2.82. The van der Waals surface area contributed by atoms with Crippen LogP contribution in [0.15, 0.2) is 42.5 Å². The molecule has 0 bridgehead atoms. The Bertz CT molecular complexity index is 501. The molecule has 17 heavy (non-hydrogen) atoms. The average molecular weight is 228 g/mol. The Kier molecular flexibility index (Phi) is 3.33. The van der Waals surface area contributed by atoms with Crippen molar-refractivity contribution in [1.29, 1.82) is 0 Å². The van der Waals surface area contributed by atoms with E-state index in [2.05, 4.69) is 24.3 Å². The van der Waals surface area contributed by atoms with Gasteiger partial charge in [0.1, 0.15) is 11.5 Å². The Hall–Kier alpha value is -1.96. The molecule has 0 aliphatic carbocycles. The van der Waals surface area contributed by atoms with E-state index < -0.39 is 0 Å². The minimum Gasteiger partial charge on any atom is -0.497 e. The Balaban J connectivity index is 2.35. The first-order valence-corrected chi connectivity index (χ1v) is 5.53. The standard InChI is InChI=1S/C15H16O2/c1-11-10-13(6-9-15(11)17-3)12-4-7-14(16-2)8-5-12/h4-10H,1-3H3. The molecule has 0 fully saturated rings. The van der Waals surface area contributed by atoms with Gasteiger partial charge in [-0.3, -0.25) is 0 Å². The third kappa shape index (κ3) is 2.41. The summed E-state index contributed by atoms with van der Waals surface area (Å²) in [5.74, 6) is 1.79. The van der Waals surface area contributed by atoms with E-state index in [4.69, 9.17) is 9.47 Å². The highest BCUT2D eigenvalue weighted by Gasteiger charge is 2.02. The summed E-state index contributed by atoms with van der Waals surface area (Å²) >= 11 is 0. The second-order valence-electron chi connectivity index (χ2n) is 3.91. The Morgan fingerprint density at radius 3 is 1.94 bits per heavy atom. The summed E-state index contributed by atoms with van der Waals surface area (Å²) in [5.41, 5.74) is 3.50. The van der Waals surface area contributed by atoms with Crippen LogP contribution < -0.4 is 9.47 Å². The summed E-state index contributed by atoms with van der Waals surface area (Å²) in [6, 6.07) is 14.2. The molecule has 0 heterocycles. The van der Waals surface area contributed by atoms with Gasteiger partial charge in [0, 0.05) is 0 Å². The van der Waals surface area contributed by atoms with Gasteiger partial charge in [0.25, 0.3) is 0 Å². The van der Waals surface area contributed by atoms with Crippen molar-refractivity contribution in [2.75, 3.05) is 14.2 Å². The van der Waals surface area contributed by atoms with Gasteiger partial charge in [-0.15, -0.1) is 0 Å². The molecule has 0 N–H and O–H groups in total. The average Bonchev–Trinajstić information content (AvgIpc) is 2.39. The second-order valence-corrected chi connectivity index (χ2v) is 3.91. The van der Waals surface area contributed by atoms with Crippen LogP contribution in [0.1, 0.15) is 5.56 Å². The highest BCUT2D eigenvalue weighted by atomic mass is 16.5. The van der Waals surface area contributed by atoms with E-state index in [9.17, 15) is 0 Å². The van der Waals surface area contributed by atoms with E-state index in [0.29, 0.717) is 0 Å². The van der Waals surface area contributed by atoms with Crippen molar-refractivity contribution in [2.45, 2.75) is 6.92 Å². The third-order valence-electron chi connectivity index (χ3n) is 2.82. The van der Waals surface area contributed by atoms with Gasteiger partial charge in [-0.2, -0.15) is 0 Å². The fourth-order valence-corrected chi connectivity index (χ4v) is 1.84. The van der Waals surface area contributed by atoms with Crippen LogP contribution in [0.4, 0.5) is 0 Å². The lowest BCUT2D eigenvalue weighted by Crippen LogP contribution is -1.88. The van der Waals surface area contributed by atoms with Crippen LogP contribution >= 0.6 is 0 Å². The molecule has 0 aliphatic rings. The molecule has 2 nitrogen and oxygen atoms in total. The molecule has 0 atom stereocenters. The maximum Gasteiger partial charge on any atom is 0.121 e. The summed E-state index contributed by atoms with van der Waals surface area (Å²) in [5, 5.41) is 0. The predicted molar refractivity (Wildman–Crippen MR) is 69.7 cm³/mol. The van der Waals surface area contributed by atoms with Crippen LogP contribution in [-0.2, 0) is 0 Å². The molecule has 0 aliphatic heterocycles. The molecule has 2 aromatic rings. The van der Waals surface area contributed by atoms with Gasteiger partial charge in [0.2, 0.25) is 0 Å². The van der Waals surface area contributed by atoms with Crippen molar-refractivity contribution >= 4 is 0 Å². The predicted octanol–water partition coefficient (Wildman–Crippen LogP) is 3.68. The number of hydrogen-bond donors (Lipinski definition) is 0. The zero-order chi connectivity index (χ0) is 12.3. The largest absolute Gasteiger partial charge is 0.497 e. The van der Waals surface area contributed by atoms with Crippen LogP contribution in [0.3, 0.4) is 0 Å². The number of ether oxygens (including phenoxy) is 2. The lowest BCUT2D eigenvalue weighted by Gasteiger charge is -2.08. The normalized spacial score (nSPS) is 10.1. The minimum absolute atomic E-state index is 0.874. The van der Waals surface area contributed by atoms with Crippen molar-refractivity contribution in [1.82, 2.24) is 0 Å². The van der Waals surface area contributed by atoms with Crippen LogP contribution in [-0.4, -0.2) is 14.2 Å². The van der Waals surface area contributed by atoms with Crippen LogP contribution in [0.2, 0.25) is 0 Å². The fourth-order valence-electron chi connectivity index (χ4n) is 1.84. The molecule has 0 spiro atoms. The molecule has 0 amide bonds. The van der Waals surface area contributed by atoms with Crippen molar-refractivity contribution in [2.24, 2.45) is 0 Å². The number of aryl methyl sites for hydroxylation is 1. The van der Waals surface area contributed by atoms with E-state index in [-0.39, 0.29) is 0 Å². The van der Waals surface area contributed by atoms with E-state index in [1.807, 2.05) is 25.1 Å². The number of methoxy groups -OCH3 is 2. The topological polar surface area (TPSA) is 18.5 Å². The zero-order valence-corrected chi connectivity index (χ0v) is 10.4. The van der Waals surface area contributed by atoms with Gasteiger partial charge >= 0.3 is 0 Å². The van der Waals surface area contributed by atoms with Crippen molar-refractivity contribution in [3.8, 4) is 22.6 Å². The van der Waals surface area contributed by atoms with E-state index >= 15 is 0 Å². The number of rotatable bonds is 3. The van der Waals surface area contributed by atoms with Crippen LogP contribution in [0.5, 0.6) is 11.5 Å². The van der Waals surface area contributed by atoms with Crippen molar-refractivity contribution in [3.05, 3.63) is 48.0 Å². The fraction of sp³-hybridized carbons (Fsp3) is 0.200. The van der Waals surface area contributed by atoms with E-state index in [0.717, 1.165) is 17.1 Å². The monoisotopic (exact) mass is 228 g/mol.